The highest BCUT2D eigenvalue weighted by atomic mass is 79.9. The molecule has 2 aromatic rings. The third-order valence-electron chi connectivity index (χ3n) is 2.81. The van der Waals surface area contributed by atoms with Gasteiger partial charge < -0.3 is 5.11 Å². The molecule has 20 heavy (non-hydrogen) atoms. The molecule has 1 atom stereocenters. The number of rotatable bonds is 4. The summed E-state index contributed by atoms with van der Waals surface area (Å²) in [5.41, 5.74) is 0.675. The number of aromatic nitrogens is 2. The number of aliphatic hydroxyl groups is 1. The molecule has 1 unspecified atom stereocenters. The van der Waals surface area contributed by atoms with Gasteiger partial charge in [0, 0.05) is 0 Å². The molecule has 8 heteroatoms. The first-order chi connectivity index (χ1) is 9.38. The van der Waals surface area contributed by atoms with Crippen molar-refractivity contribution >= 4 is 21.6 Å². The molecule has 0 saturated heterocycles. The number of hydrogen-bond donors (Lipinski definition) is 1. The summed E-state index contributed by atoms with van der Waals surface area (Å²) in [4.78, 5) is 10.2. The molecule has 0 aliphatic heterocycles. The maximum absolute atomic E-state index is 13.1. The second-order valence-electron chi connectivity index (χ2n) is 4.27. The fourth-order valence-electron chi connectivity index (χ4n) is 1.78. The van der Waals surface area contributed by atoms with E-state index in [1.807, 2.05) is 0 Å². The van der Waals surface area contributed by atoms with E-state index in [0.717, 1.165) is 0 Å². The van der Waals surface area contributed by atoms with Crippen LogP contribution in [-0.2, 0) is 6.54 Å². The Morgan fingerprint density at radius 1 is 1.60 bits per heavy atom. The van der Waals surface area contributed by atoms with Gasteiger partial charge >= 0.3 is 5.69 Å². The Kier molecular flexibility index (Phi) is 4.15. The van der Waals surface area contributed by atoms with Crippen molar-refractivity contribution in [3.05, 3.63) is 56.1 Å². The average Bonchev–Trinajstić information content (AvgIpc) is 2.73. The second-order valence-corrected chi connectivity index (χ2v) is 5.12. The minimum atomic E-state index is -0.939. The van der Waals surface area contributed by atoms with Crippen LogP contribution >= 0.6 is 15.9 Å². The molecule has 0 aliphatic carbocycles. The molecule has 1 heterocycles. The lowest BCUT2D eigenvalue weighted by Crippen LogP contribution is -2.09. The molecule has 0 saturated carbocycles. The van der Waals surface area contributed by atoms with Gasteiger partial charge in [0.1, 0.15) is 17.7 Å². The van der Waals surface area contributed by atoms with Gasteiger partial charge in [-0.15, -0.1) is 0 Å². The number of aliphatic hydroxyl groups excluding tert-OH is 1. The van der Waals surface area contributed by atoms with Gasteiger partial charge in [-0.3, -0.25) is 14.8 Å². The number of nitrogens with zero attached hydrogens (tertiary/aromatic N) is 3. The van der Waals surface area contributed by atoms with Gasteiger partial charge in [-0.25, -0.2) is 4.39 Å². The predicted octanol–water partition coefficient (Wildman–Crippen LogP) is 2.73. The van der Waals surface area contributed by atoms with Crippen LogP contribution in [-0.4, -0.2) is 19.8 Å². The first-order valence-electron chi connectivity index (χ1n) is 5.70. The van der Waals surface area contributed by atoms with Crippen LogP contribution in [0.5, 0.6) is 0 Å². The standard InChI is InChI=1S/C12H11BrFN3O3/c1-7-11(17(19)20)5-16(15-7)6-12(18)8-2-3-10(14)9(13)4-8/h2-5,12,18H,6H2,1H3. The molecule has 1 aromatic carbocycles. The monoisotopic (exact) mass is 343 g/mol. The largest absolute Gasteiger partial charge is 0.386 e. The van der Waals surface area contributed by atoms with Crippen LogP contribution in [0, 0.1) is 22.9 Å². The summed E-state index contributed by atoms with van der Waals surface area (Å²) < 4.78 is 14.7. The van der Waals surface area contributed by atoms with Crippen LogP contribution in [0.1, 0.15) is 17.4 Å². The molecule has 2 rings (SSSR count). The normalized spacial score (nSPS) is 12.4. The summed E-state index contributed by atoms with van der Waals surface area (Å²) in [6.45, 7) is 1.57. The quantitative estimate of drug-likeness (QED) is 0.683. The van der Waals surface area contributed by atoms with Gasteiger partial charge in [-0.05, 0) is 40.5 Å². The predicted molar refractivity (Wildman–Crippen MR) is 72.7 cm³/mol. The van der Waals surface area contributed by atoms with Crippen LogP contribution in [0.25, 0.3) is 0 Å². The van der Waals surface area contributed by atoms with Crippen molar-refractivity contribution in [1.82, 2.24) is 9.78 Å². The maximum Gasteiger partial charge on any atom is 0.309 e. The highest BCUT2D eigenvalue weighted by Crippen LogP contribution is 2.23. The van der Waals surface area contributed by atoms with Crippen LogP contribution in [0.2, 0.25) is 0 Å². The van der Waals surface area contributed by atoms with Crippen LogP contribution < -0.4 is 0 Å². The fraction of sp³-hybridized carbons (Fsp3) is 0.250. The number of halogens is 2. The van der Waals surface area contributed by atoms with E-state index in [4.69, 9.17) is 0 Å². The van der Waals surface area contributed by atoms with Gasteiger partial charge in [0.05, 0.1) is 22.0 Å². The number of aryl methyl sites for hydroxylation is 1. The van der Waals surface area contributed by atoms with Crippen LogP contribution in [0.3, 0.4) is 0 Å². The van der Waals surface area contributed by atoms with Crippen molar-refractivity contribution < 1.29 is 14.4 Å². The van der Waals surface area contributed by atoms with Crippen LogP contribution in [0.4, 0.5) is 10.1 Å². The van der Waals surface area contributed by atoms with Crippen molar-refractivity contribution in [3.8, 4) is 0 Å². The molecule has 0 bridgehead atoms. The van der Waals surface area contributed by atoms with E-state index in [1.165, 1.54) is 36.0 Å². The van der Waals surface area contributed by atoms with E-state index in [2.05, 4.69) is 21.0 Å². The zero-order valence-electron chi connectivity index (χ0n) is 10.5. The van der Waals surface area contributed by atoms with E-state index >= 15 is 0 Å². The third kappa shape index (κ3) is 3.02. The molecule has 106 valence electrons. The zero-order valence-corrected chi connectivity index (χ0v) is 12.0. The van der Waals surface area contributed by atoms with E-state index < -0.39 is 16.8 Å². The second kappa shape index (κ2) is 5.68. The van der Waals surface area contributed by atoms with Crippen molar-refractivity contribution in [2.45, 2.75) is 19.6 Å². The molecular weight excluding hydrogens is 333 g/mol. The summed E-state index contributed by atoms with van der Waals surface area (Å²) in [5, 5.41) is 24.7. The topological polar surface area (TPSA) is 81.2 Å². The molecule has 0 radical (unpaired) electrons. The summed E-state index contributed by atoms with van der Waals surface area (Å²) in [6.07, 6.45) is 0.322. The van der Waals surface area contributed by atoms with Gasteiger partial charge in [-0.1, -0.05) is 6.07 Å². The minimum absolute atomic E-state index is 0.0484. The zero-order chi connectivity index (χ0) is 14.9. The van der Waals surface area contributed by atoms with Gasteiger partial charge in [0.2, 0.25) is 0 Å². The molecule has 0 aliphatic rings. The van der Waals surface area contributed by atoms with E-state index in [-0.39, 0.29) is 22.4 Å². The van der Waals surface area contributed by atoms with Crippen molar-refractivity contribution in [1.29, 1.82) is 0 Å². The lowest BCUT2D eigenvalue weighted by Gasteiger charge is -2.11. The average molecular weight is 344 g/mol. The SMILES string of the molecule is Cc1nn(CC(O)c2ccc(F)c(Br)c2)cc1[N+](=O)[O-]. The Labute approximate surface area is 122 Å². The summed E-state index contributed by atoms with van der Waals surface area (Å²) in [6, 6.07) is 4.15. The lowest BCUT2D eigenvalue weighted by atomic mass is 10.1. The Balaban J connectivity index is 2.18. The van der Waals surface area contributed by atoms with Crippen LogP contribution in [0.15, 0.2) is 28.9 Å². The van der Waals surface area contributed by atoms with E-state index in [0.29, 0.717) is 5.56 Å². The number of nitro groups is 1. The molecular formula is C12H11BrFN3O3. The van der Waals surface area contributed by atoms with Crippen molar-refractivity contribution in [3.63, 3.8) is 0 Å². The Hall–Kier alpha value is -1.80. The Bertz CT molecular complexity index is 659. The van der Waals surface area contributed by atoms with Gasteiger partial charge in [0.25, 0.3) is 0 Å². The molecule has 0 amide bonds. The van der Waals surface area contributed by atoms with Gasteiger partial charge in [0.15, 0.2) is 0 Å². The molecule has 6 nitrogen and oxygen atoms in total. The van der Waals surface area contributed by atoms with Crippen molar-refractivity contribution in [2.75, 3.05) is 0 Å². The Morgan fingerprint density at radius 3 is 2.85 bits per heavy atom. The molecule has 0 spiro atoms. The third-order valence-corrected chi connectivity index (χ3v) is 3.41. The highest BCUT2D eigenvalue weighted by Gasteiger charge is 2.18. The molecule has 0 fully saturated rings. The smallest absolute Gasteiger partial charge is 0.309 e. The number of benzene rings is 1. The molecule has 1 aromatic heterocycles. The van der Waals surface area contributed by atoms with E-state index in [1.54, 1.807) is 0 Å². The number of hydrogen-bond acceptors (Lipinski definition) is 4. The van der Waals surface area contributed by atoms with E-state index in [9.17, 15) is 19.6 Å². The summed E-state index contributed by atoms with van der Waals surface area (Å²) >= 11 is 3.04. The van der Waals surface area contributed by atoms with Crippen molar-refractivity contribution in [2.24, 2.45) is 0 Å². The first-order valence-corrected chi connectivity index (χ1v) is 6.49. The van der Waals surface area contributed by atoms with Gasteiger partial charge in [-0.2, -0.15) is 5.10 Å². The minimum Gasteiger partial charge on any atom is -0.386 e. The Morgan fingerprint density at radius 2 is 2.30 bits per heavy atom. The lowest BCUT2D eigenvalue weighted by molar-refractivity contribution is -0.385. The summed E-state index contributed by atoms with van der Waals surface area (Å²) in [5.74, 6) is -0.425. The molecule has 1 N–H and O–H groups in total. The fourth-order valence-corrected chi connectivity index (χ4v) is 2.18. The first kappa shape index (κ1) is 14.6. The summed E-state index contributed by atoms with van der Waals surface area (Å²) in [7, 11) is 0. The maximum atomic E-state index is 13.1. The highest BCUT2D eigenvalue weighted by molar-refractivity contribution is 9.10.